The van der Waals surface area contributed by atoms with Crippen LogP contribution in [0, 0.1) is 13.8 Å². The summed E-state index contributed by atoms with van der Waals surface area (Å²) < 4.78 is 3.01. The van der Waals surface area contributed by atoms with Crippen molar-refractivity contribution in [1.29, 1.82) is 0 Å². The van der Waals surface area contributed by atoms with E-state index >= 15 is 0 Å². The predicted molar refractivity (Wildman–Crippen MR) is 175 cm³/mol. The van der Waals surface area contributed by atoms with E-state index in [1.807, 2.05) is 30.3 Å². The molecule has 2 atom stereocenters. The van der Waals surface area contributed by atoms with Crippen LogP contribution in [-0.2, 0) is 5.60 Å². The molecule has 1 aliphatic heterocycles. The Labute approximate surface area is 266 Å². The molecule has 0 aromatic heterocycles. The molecule has 1 N–H and O–H groups in total. The summed E-state index contributed by atoms with van der Waals surface area (Å²) in [5.41, 5.74) is 9.66. The van der Waals surface area contributed by atoms with Crippen LogP contribution in [0.3, 0.4) is 0 Å². The summed E-state index contributed by atoms with van der Waals surface area (Å²) >= 11 is 3.80. The van der Waals surface area contributed by atoms with Crippen LogP contribution in [0.2, 0.25) is 0 Å². The Bertz CT molecular complexity index is 1560. The maximum atomic E-state index is 13.3. The van der Waals surface area contributed by atoms with Gasteiger partial charge in [-0.15, -0.1) is 0 Å². The van der Waals surface area contributed by atoms with E-state index in [4.69, 9.17) is 7.85 Å². The van der Waals surface area contributed by atoms with Crippen LogP contribution in [0.15, 0.2) is 89.9 Å². The minimum atomic E-state index is -1.41. The van der Waals surface area contributed by atoms with E-state index in [-0.39, 0.29) is 21.2 Å². The molecule has 1 fully saturated rings. The first-order valence-electron chi connectivity index (χ1n) is 14.6. The third-order valence-electron chi connectivity index (χ3n) is 8.01. The van der Waals surface area contributed by atoms with Crippen LogP contribution in [0.1, 0.15) is 81.9 Å². The number of aryl methyl sites for hydroxylation is 2. The second-order valence-corrected chi connectivity index (χ2v) is 15.6. The number of allylic oxidation sites excluding steroid dienone is 1. The van der Waals surface area contributed by atoms with Crippen LogP contribution in [0.4, 0.5) is 0 Å². The first-order valence-corrected chi connectivity index (χ1v) is 18.1. The van der Waals surface area contributed by atoms with E-state index in [0.717, 1.165) is 61.8 Å². The SMILES string of the molecule is [B]c1ccc(-c2ccc(Br)cc2)c(C(O)(c2cc(C)cc(C(=C)CCCCCC)c2)c2cc(C)cc(C3C[I-]3)c2)c1. The zero-order chi connectivity index (χ0) is 29.1. The molecule has 5 rings (SSSR count). The summed E-state index contributed by atoms with van der Waals surface area (Å²) in [6.07, 6.45) is 5.78. The standard InChI is InChI=1S/C37H38BBrIO/c1-5-6-7-8-9-26(4)28-16-24(2)18-30(20-28)37(41,31-19-25(3)17-29(21-31)36-23-40-36)35-22-32(38)12-15-34(35)27-10-13-33(39)14-11-27/h10-22,36,41H,4-9,23H2,1-3H3/q-1. The number of halogens is 2. The molecule has 0 amide bonds. The third-order valence-corrected chi connectivity index (χ3v) is 11.0. The molecule has 41 heavy (non-hydrogen) atoms. The van der Waals surface area contributed by atoms with Gasteiger partial charge in [0.1, 0.15) is 0 Å². The Kier molecular flexibility index (Phi) is 9.62. The summed E-state index contributed by atoms with van der Waals surface area (Å²) in [5, 5.41) is 13.3. The predicted octanol–water partition coefficient (Wildman–Crippen LogP) is 5.94. The molecule has 0 bridgehead atoms. The summed E-state index contributed by atoms with van der Waals surface area (Å²) in [6.45, 7) is 11.0. The molecule has 1 heterocycles. The zero-order valence-electron chi connectivity index (χ0n) is 24.3. The van der Waals surface area contributed by atoms with Crippen LogP contribution in [-0.4, -0.2) is 17.4 Å². The molecule has 0 spiro atoms. The van der Waals surface area contributed by atoms with Crippen molar-refractivity contribution in [2.75, 3.05) is 4.43 Å². The van der Waals surface area contributed by atoms with E-state index in [1.54, 1.807) is 0 Å². The second kappa shape index (κ2) is 13.0. The molecule has 4 heteroatoms. The van der Waals surface area contributed by atoms with Gasteiger partial charge in [-0.25, -0.2) is 0 Å². The van der Waals surface area contributed by atoms with E-state index in [9.17, 15) is 5.11 Å². The molecule has 2 radical (unpaired) electrons. The molecule has 4 aromatic rings. The van der Waals surface area contributed by atoms with Crippen molar-refractivity contribution in [1.82, 2.24) is 0 Å². The van der Waals surface area contributed by atoms with Crippen LogP contribution in [0.5, 0.6) is 0 Å². The second-order valence-electron chi connectivity index (χ2n) is 11.4. The molecule has 210 valence electrons. The zero-order valence-corrected chi connectivity index (χ0v) is 28.1. The van der Waals surface area contributed by atoms with Crippen molar-refractivity contribution in [2.45, 2.75) is 62.4 Å². The van der Waals surface area contributed by atoms with Gasteiger partial charge in [-0.05, 0) is 0 Å². The summed E-state index contributed by atoms with van der Waals surface area (Å²) in [5.74, 6) is 0. The van der Waals surface area contributed by atoms with Gasteiger partial charge in [0.05, 0.1) is 0 Å². The van der Waals surface area contributed by atoms with Crippen LogP contribution < -0.4 is 26.7 Å². The average molecular weight is 716 g/mol. The summed E-state index contributed by atoms with van der Waals surface area (Å²) in [6, 6.07) is 27.4. The normalized spacial score (nSPS) is 16.1. The molecular formula is C37H38BBrIO-. The fourth-order valence-corrected chi connectivity index (χ4v) is 7.65. The maximum absolute atomic E-state index is 13.3. The van der Waals surface area contributed by atoms with Crippen molar-refractivity contribution >= 4 is 34.8 Å². The quantitative estimate of drug-likeness (QED) is 0.0671. The Morgan fingerprint density at radius 2 is 1.61 bits per heavy atom. The molecule has 1 saturated heterocycles. The molecule has 4 aromatic carbocycles. The fraction of sp³-hybridized carbons (Fsp3) is 0.297. The van der Waals surface area contributed by atoms with Gasteiger partial charge in [-0.3, -0.25) is 0 Å². The van der Waals surface area contributed by atoms with Crippen molar-refractivity contribution in [2.24, 2.45) is 0 Å². The summed E-state index contributed by atoms with van der Waals surface area (Å²) in [4.78, 5) is 0. The molecule has 0 saturated carbocycles. The molecule has 0 aliphatic carbocycles. The first-order chi connectivity index (χ1) is 19.7. The topological polar surface area (TPSA) is 20.2 Å². The van der Waals surface area contributed by atoms with Gasteiger partial charge in [0.2, 0.25) is 0 Å². The van der Waals surface area contributed by atoms with Crippen molar-refractivity contribution < 1.29 is 26.3 Å². The number of hydrogen-bond donors (Lipinski definition) is 1. The molecule has 1 aliphatic rings. The van der Waals surface area contributed by atoms with Gasteiger partial charge >= 0.3 is 248 Å². The van der Waals surface area contributed by atoms with Gasteiger partial charge < -0.3 is 0 Å². The monoisotopic (exact) mass is 715 g/mol. The fourth-order valence-electron chi connectivity index (χ4n) is 5.75. The number of benzene rings is 4. The third kappa shape index (κ3) is 6.92. The Morgan fingerprint density at radius 1 is 0.927 bits per heavy atom. The molecule has 1 nitrogen and oxygen atoms in total. The Morgan fingerprint density at radius 3 is 2.29 bits per heavy atom. The van der Waals surface area contributed by atoms with Crippen molar-refractivity contribution in [3.8, 4) is 11.1 Å². The van der Waals surface area contributed by atoms with Gasteiger partial charge in [-0.2, -0.15) is 0 Å². The Balaban J connectivity index is 1.72. The number of alkyl halides is 2. The van der Waals surface area contributed by atoms with Gasteiger partial charge in [-0.1, -0.05) is 19.8 Å². The van der Waals surface area contributed by atoms with E-state index < -0.39 is 5.60 Å². The number of hydrogen-bond acceptors (Lipinski definition) is 1. The van der Waals surface area contributed by atoms with E-state index in [2.05, 4.69) is 91.8 Å². The minimum absolute atomic E-state index is 0.225. The number of aliphatic hydroxyl groups is 1. The van der Waals surface area contributed by atoms with E-state index in [0.29, 0.717) is 9.39 Å². The average Bonchev–Trinajstić information content (AvgIpc) is 3.80. The number of unbranched alkanes of at least 4 members (excludes halogenated alkanes) is 3. The summed E-state index contributed by atoms with van der Waals surface area (Å²) in [7, 11) is 6.46. The van der Waals surface area contributed by atoms with Crippen LogP contribution >= 0.6 is 15.9 Å². The first kappa shape index (κ1) is 30.3. The van der Waals surface area contributed by atoms with Gasteiger partial charge in [0, 0.05) is 0 Å². The van der Waals surface area contributed by atoms with Gasteiger partial charge in [0.15, 0.2) is 0 Å². The van der Waals surface area contributed by atoms with E-state index in [1.165, 1.54) is 34.8 Å². The number of rotatable bonds is 11. The van der Waals surface area contributed by atoms with Crippen LogP contribution in [0.25, 0.3) is 16.7 Å². The Hall–Kier alpha value is -2.15. The molecule has 2 unspecified atom stereocenters. The van der Waals surface area contributed by atoms with Crippen molar-refractivity contribution in [3.05, 3.63) is 129 Å². The van der Waals surface area contributed by atoms with Crippen molar-refractivity contribution in [3.63, 3.8) is 0 Å². The molecular weight excluding hydrogens is 678 g/mol. The van der Waals surface area contributed by atoms with Gasteiger partial charge in [0.25, 0.3) is 0 Å².